The van der Waals surface area contributed by atoms with E-state index in [2.05, 4.69) is 12.2 Å². The van der Waals surface area contributed by atoms with E-state index in [1.165, 1.54) is 5.56 Å². The lowest BCUT2D eigenvalue weighted by Gasteiger charge is -2.17. The Morgan fingerprint density at radius 2 is 1.86 bits per heavy atom. The summed E-state index contributed by atoms with van der Waals surface area (Å²) in [5, 5.41) is 3.33. The first-order valence-electron chi connectivity index (χ1n) is 7.54. The number of ether oxygens (including phenoxy) is 1. The zero-order chi connectivity index (χ0) is 15.7. The molecule has 1 atom stereocenters. The molecule has 120 valence electrons. The lowest BCUT2D eigenvalue weighted by atomic mass is 9.96. The number of hydrogen-bond acceptors (Lipinski definition) is 4. The van der Waals surface area contributed by atoms with Crippen molar-refractivity contribution in [3.05, 3.63) is 29.8 Å². The monoisotopic (exact) mass is 313 g/mol. The Bertz CT molecular complexity index is 497. The number of methoxy groups -OCH3 is 1. The van der Waals surface area contributed by atoms with Crippen molar-refractivity contribution in [3.8, 4) is 5.75 Å². The minimum atomic E-state index is -2.89. The van der Waals surface area contributed by atoms with Crippen molar-refractivity contribution in [2.24, 2.45) is 5.92 Å². The molecule has 0 bridgehead atoms. The molecule has 0 aliphatic heterocycles. The maximum atomic E-state index is 11.7. The van der Waals surface area contributed by atoms with Gasteiger partial charge < -0.3 is 10.1 Å². The topological polar surface area (TPSA) is 55.4 Å². The molecule has 0 radical (unpaired) electrons. The van der Waals surface area contributed by atoms with Gasteiger partial charge in [0, 0.05) is 5.75 Å². The van der Waals surface area contributed by atoms with Crippen LogP contribution in [-0.2, 0) is 16.3 Å². The summed E-state index contributed by atoms with van der Waals surface area (Å²) in [6.07, 6.45) is 1.59. The van der Waals surface area contributed by atoms with Gasteiger partial charge in [-0.05, 0) is 49.5 Å². The molecule has 0 saturated carbocycles. The van der Waals surface area contributed by atoms with Crippen LogP contribution >= 0.6 is 0 Å². The van der Waals surface area contributed by atoms with Crippen LogP contribution in [0.1, 0.15) is 25.8 Å². The minimum absolute atomic E-state index is 0.226. The Morgan fingerprint density at radius 1 is 1.19 bits per heavy atom. The van der Waals surface area contributed by atoms with E-state index in [9.17, 15) is 8.42 Å². The summed E-state index contributed by atoms with van der Waals surface area (Å²) in [5.41, 5.74) is 1.22. The van der Waals surface area contributed by atoms with Crippen LogP contribution in [0.25, 0.3) is 0 Å². The molecule has 0 heterocycles. The average Bonchev–Trinajstić information content (AvgIpc) is 2.50. The van der Waals surface area contributed by atoms with Crippen LogP contribution in [0.15, 0.2) is 24.3 Å². The molecule has 0 fully saturated rings. The van der Waals surface area contributed by atoms with Gasteiger partial charge in [0.05, 0.1) is 12.9 Å². The maximum Gasteiger partial charge on any atom is 0.150 e. The fraction of sp³-hybridized carbons (Fsp3) is 0.625. The van der Waals surface area contributed by atoms with Crippen molar-refractivity contribution in [3.63, 3.8) is 0 Å². The van der Waals surface area contributed by atoms with Crippen LogP contribution in [0.5, 0.6) is 5.75 Å². The highest BCUT2D eigenvalue weighted by Crippen LogP contribution is 2.17. The average molecular weight is 313 g/mol. The van der Waals surface area contributed by atoms with Gasteiger partial charge in [-0.25, -0.2) is 8.42 Å². The van der Waals surface area contributed by atoms with Gasteiger partial charge in [-0.3, -0.25) is 0 Å². The summed E-state index contributed by atoms with van der Waals surface area (Å²) in [6.45, 7) is 5.52. The predicted molar refractivity (Wildman–Crippen MR) is 87.7 cm³/mol. The highest BCUT2D eigenvalue weighted by molar-refractivity contribution is 7.91. The Kier molecular flexibility index (Phi) is 7.75. The second-order valence-electron chi connectivity index (χ2n) is 5.25. The Balaban J connectivity index is 2.63. The van der Waals surface area contributed by atoms with E-state index in [1.54, 1.807) is 14.0 Å². The van der Waals surface area contributed by atoms with Crippen LogP contribution in [0, 0.1) is 5.92 Å². The first kappa shape index (κ1) is 18.0. The quantitative estimate of drug-likeness (QED) is 0.720. The van der Waals surface area contributed by atoms with Crippen LogP contribution < -0.4 is 10.1 Å². The number of sulfone groups is 1. The van der Waals surface area contributed by atoms with Crippen molar-refractivity contribution >= 4 is 9.84 Å². The molecule has 0 saturated heterocycles. The molecule has 1 unspecified atom stereocenters. The number of benzene rings is 1. The minimum Gasteiger partial charge on any atom is -0.497 e. The van der Waals surface area contributed by atoms with Gasteiger partial charge in [0.15, 0.2) is 0 Å². The molecule has 4 nitrogen and oxygen atoms in total. The molecule has 1 aromatic carbocycles. The van der Waals surface area contributed by atoms with Crippen LogP contribution in [0.2, 0.25) is 0 Å². The third-order valence-electron chi connectivity index (χ3n) is 3.64. The zero-order valence-electron chi connectivity index (χ0n) is 13.3. The van der Waals surface area contributed by atoms with Crippen molar-refractivity contribution in [1.82, 2.24) is 5.32 Å². The fourth-order valence-electron chi connectivity index (χ4n) is 2.21. The lowest BCUT2D eigenvalue weighted by molar-refractivity contribution is 0.414. The van der Waals surface area contributed by atoms with Crippen molar-refractivity contribution < 1.29 is 13.2 Å². The largest absolute Gasteiger partial charge is 0.497 e. The summed E-state index contributed by atoms with van der Waals surface area (Å²) in [7, 11) is -1.24. The van der Waals surface area contributed by atoms with Gasteiger partial charge in [-0.2, -0.15) is 0 Å². The maximum absolute atomic E-state index is 11.7. The van der Waals surface area contributed by atoms with Gasteiger partial charge in [0.1, 0.15) is 15.6 Å². The van der Waals surface area contributed by atoms with Gasteiger partial charge in [0.2, 0.25) is 0 Å². The fourth-order valence-corrected chi connectivity index (χ4v) is 3.19. The zero-order valence-corrected chi connectivity index (χ0v) is 14.1. The molecular weight excluding hydrogens is 286 g/mol. The smallest absolute Gasteiger partial charge is 0.150 e. The first-order chi connectivity index (χ1) is 10.0. The first-order valence-corrected chi connectivity index (χ1v) is 9.37. The normalized spacial score (nSPS) is 13.1. The number of hydrogen-bond donors (Lipinski definition) is 1. The van der Waals surface area contributed by atoms with Gasteiger partial charge in [0.25, 0.3) is 0 Å². The van der Waals surface area contributed by atoms with E-state index in [0.717, 1.165) is 25.3 Å². The third-order valence-corrected chi connectivity index (χ3v) is 5.38. The SMILES string of the molecule is CCNCC(CCS(=O)(=O)CC)Cc1ccc(OC)cc1. The van der Waals surface area contributed by atoms with E-state index < -0.39 is 9.84 Å². The van der Waals surface area contributed by atoms with Crippen molar-refractivity contribution in [2.75, 3.05) is 31.7 Å². The summed E-state index contributed by atoms with van der Waals surface area (Å²) in [6, 6.07) is 7.99. The van der Waals surface area contributed by atoms with E-state index >= 15 is 0 Å². The van der Waals surface area contributed by atoms with E-state index in [-0.39, 0.29) is 11.5 Å². The lowest BCUT2D eigenvalue weighted by Crippen LogP contribution is -2.26. The summed E-state index contributed by atoms with van der Waals surface area (Å²) in [5.74, 6) is 1.68. The molecule has 0 amide bonds. The molecular formula is C16H27NO3S. The molecule has 5 heteroatoms. The van der Waals surface area contributed by atoms with E-state index in [4.69, 9.17) is 4.74 Å². The molecule has 21 heavy (non-hydrogen) atoms. The number of nitrogens with one attached hydrogen (secondary N) is 1. The van der Waals surface area contributed by atoms with Crippen molar-refractivity contribution in [2.45, 2.75) is 26.7 Å². The second-order valence-corrected chi connectivity index (χ2v) is 7.72. The number of rotatable bonds is 10. The molecule has 1 rings (SSSR count). The van der Waals surface area contributed by atoms with E-state index in [0.29, 0.717) is 12.3 Å². The van der Waals surface area contributed by atoms with E-state index in [1.807, 2.05) is 24.3 Å². The van der Waals surface area contributed by atoms with Crippen molar-refractivity contribution in [1.29, 1.82) is 0 Å². The van der Waals surface area contributed by atoms with Gasteiger partial charge in [-0.1, -0.05) is 26.0 Å². The summed E-state index contributed by atoms with van der Waals surface area (Å²) >= 11 is 0. The molecule has 0 spiro atoms. The third kappa shape index (κ3) is 6.96. The Hall–Kier alpha value is -1.07. The molecule has 0 aliphatic rings. The van der Waals surface area contributed by atoms with Gasteiger partial charge in [-0.15, -0.1) is 0 Å². The highest BCUT2D eigenvalue weighted by Gasteiger charge is 2.14. The molecule has 0 aliphatic carbocycles. The van der Waals surface area contributed by atoms with Crippen LogP contribution in [0.3, 0.4) is 0 Å². The summed E-state index contributed by atoms with van der Waals surface area (Å²) in [4.78, 5) is 0. The Labute approximate surface area is 128 Å². The molecule has 1 aromatic rings. The highest BCUT2D eigenvalue weighted by atomic mass is 32.2. The molecule has 0 aromatic heterocycles. The second kappa shape index (κ2) is 9.05. The Morgan fingerprint density at radius 3 is 2.38 bits per heavy atom. The summed E-state index contributed by atoms with van der Waals surface area (Å²) < 4.78 is 28.5. The molecule has 1 N–H and O–H groups in total. The van der Waals surface area contributed by atoms with Crippen LogP contribution in [0.4, 0.5) is 0 Å². The van der Waals surface area contributed by atoms with Gasteiger partial charge >= 0.3 is 0 Å². The van der Waals surface area contributed by atoms with Crippen LogP contribution in [-0.4, -0.2) is 40.1 Å². The predicted octanol–water partition coefficient (Wildman–Crippen LogP) is 2.29. The standard InChI is InChI=1S/C16H27NO3S/c1-4-17-13-15(10-11-21(18,19)5-2)12-14-6-8-16(20-3)9-7-14/h6-9,15,17H,4-5,10-13H2,1-3H3.